The van der Waals surface area contributed by atoms with Crippen LogP contribution in [-0.2, 0) is 17.8 Å². The molecule has 1 aliphatic carbocycles. The van der Waals surface area contributed by atoms with Gasteiger partial charge in [-0.2, -0.15) is 0 Å². The summed E-state index contributed by atoms with van der Waals surface area (Å²) < 4.78 is 5.66. The van der Waals surface area contributed by atoms with Crippen molar-refractivity contribution in [3.63, 3.8) is 0 Å². The molecule has 3 nitrogen and oxygen atoms in total. The zero-order valence-corrected chi connectivity index (χ0v) is 15.5. The van der Waals surface area contributed by atoms with Crippen molar-refractivity contribution >= 4 is 11.6 Å². The fourth-order valence-corrected chi connectivity index (χ4v) is 3.72. The quantitative estimate of drug-likeness (QED) is 0.803. The number of aliphatic hydroxyl groups excluding tert-OH is 1. The maximum absolute atomic E-state index is 10.3. The summed E-state index contributed by atoms with van der Waals surface area (Å²) in [6, 6.07) is 16.6. The Hall–Kier alpha value is -1.39. The number of likely N-dealkylation sites (N-methyl/N-ethyl adjacent to an activating group) is 1. The second kappa shape index (κ2) is 8.81. The average Bonchev–Trinajstić information content (AvgIpc) is 2.63. The molecule has 0 saturated heterocycles. The fraction of sp³-hybridized carbons (Fsp3) is 0.429. The van der Waals surface area contributed by atoms with Crippen molar-refractivity contribution in [1.29, 1.82) is 0 Å². The minimum atomic E-state index is -0.494. The molecule has 0 radical (unpaired) electrons. The van der Waals surface area contributed by atoms with Crippen LogP contribution in [0.25, 0.3) is 0 Å². The van der Waals surface area contributed by atoms with E-state index in [1.165, 1.54) is 17.5 Å². The van der Waals surface area contributed by atoms with Crippen LogP contribution in [0.5, 0.6) is 0 Å². The van der Waals surface area contributed by atoms with Gasteiger partial charge >= 0.3 is 0 Å². The first-order valence-electron chi connectivity index (χ1n) is 8.92. The Labute approximate surface area is 155 Å². The number of ether oxygens (including phenoxy) is 1. The molecule has 134 valence electrons. The molecule has 2 aromatic carbocycles. The summed E-state index contributed by atoms with van der Waals surface area (Å²) in [5.41, 5.74) is 3.91. The van der Waals surface area contributed by atoms with Crippen LogP contribution in [-0.4, -0.2) is 36.3 Å². The third kappa shape index (κ3) is 5.05. The zero-order chi connectivity index (χ0) is 17.6. The highest BCUT2D eigenvalue weighted by atomic mass is 35.5. The Balaban J connectivity index is 1.48. The van der Waals surface area contributed by atoms with E-state index in [1.807, 2.05) is 24.3 Å². The van der Waals surface area contributed by atoms with Gasteiger partial charge in [-0.05, 0) is 55.1 Å². The summed E-state index contributed by atoms with van der Waals surface area (Å²) in [5.74, 6) is 0. The average molecular weight is 360 g/mol. The van der Waals surface area contributed by atoms with Gasteiger partial charge in [-0.3, -0.25) is 4.90 Å². The minimum absolute atomic E-state index is 0.335. The Morgan fingerprint density at radius 1 is 1.20 bits per heavy atom. The Bertz CT molecular complexity index is 674. The normalized spacial score (nSPS) is 18.2. The molecule has 2 atom stereocenters. The van der Waals surface area contributed by atoms with Gasteiger partial charge in [-0.25, -0.2) is 0 Å². The number of fused-ring (bicyclic) bond motifs is 1. The SMILES string of the molecule is CN(C[C@@H](O)COCc1ccc(Cl)cc1)[C@@H]1CCCc2ccccc21. The molecule has 0 fully saturated rings. The molecule has 1 N–H and O–H groups in total. The molecule has 0 bridgehead atoms. The summed E-state index contributed by atoms with van der Waals surface area (Å²) in [7, 11) is 2.09. The van der Waals surface area contributed by atoms with Crippen LogP contribution in [0.1, 0.15) is 35.6 Å². The van der Waals surface area contributed by atoms with Gasteiger partial charge in [0.15, 0.2) is 0 Å². The van der Waals surface area contributed by atoms with Crippen LogP contribution in [0, 0.1) is 0 Å². The van der Waals surface area contributed by atoms with E-state index in [0.717, 1.165) is 23.4 Å². The van der Waals surface area contributed by atoms with Gasteiger partial charge in [0.1, 0.15) is 0 Å². The lowest BCUT2D eigenvalue weighted by Crippen LogP contribution is -2.36. The van der Waals surface area contributed by atoms with Crippen molar-refractivity contribution in [2.75, 3.05) is 20.2 Å². The van der Waals surface area contributed by atoms with Crippen LogP contribution >= 0.6 is 11.6 Å². The van der Waals surface area contributed by atoms with E-state index >= 15 is 0 Å². The summed E-state index contributed by atoms with van der Waals surface area (Å²) in [4.78, 5) is 2.26. The highest BCUT2D eigenvalue weighted by molar-refractivity contribution is 6.30. The number of rotatable bonds is 7. The second-order valence-corrected chi connectivity index (χ2v) is 7.28. The molecule has 2 aromatic rings. The van der Waals surface area contributed by atoms with Crippen molar-refractivity contribution < 1.29 is 9.84 Å². The first kappa shape index (κ1) is 18.4. The smallest absolute Gasteiger partial charge is 0.0900 e. The molecule has 0 aromatic heterocycles. The van der Waals surface area contributed by atoms with Gasteiger partial charge < -0.3 is 9.84 Å². The molecule has 0 saturated carbocycles. The Kier molecular flexibility index (Phi) is 6.49. The fourth-order valence-electron chi connectivity index (χ4n) is 3.59. The third-order valence-corrected chi connectivity index (χ3v) is 5.11. The molecule has 25 heavy (non-hydrogen) atoms. The van der Waals surface area contributed by atoms with Crippen LogP contribution in [0.15, 0.2) is 48.5 Å². The third-order valence-electron chi connectivity index (χ3n) is 4.86. The molecule has 0 spiro atoms. The largest absolute Gasteiger partial charge is 0.389 e. The van der Waals surface area contributed by atoms with Crippen LogP contribution < -0.4 is 0 Å². The van der Waals surface area contributed by atoms with Gasteiger partial charge in [0.2, 0.25) is 0 Å². The topological polar surface area (TPSA) is 32.7 Å². The molecule has 0 aliphatic heterocycles. The van der Waals surface area contributed by atoms with E-state index < -0.39 is 6.10 Å². The van der Waals surface area contributed by atoms with Gasteiger partial charge in [0, 0.05) is 17.6 Å². The summed E-state index contributed by atoms with van der Waals surface area (Å²) >= 11 is 5.88. The van der Waals surface area contributed by atoms with Gasteiger partial charge in [-0.15, -0.1) is 0 Å². The molecular formula is C21H26ClNO2. The predicted octanol–water partition coefficient (Wildman–Crippen LogP) is 4.23. The van der Waals surface area contributed by atoms with E-state index in [2.05, 4.69) is 36.2 Å². The van der Waals surface area contributed by atoms with Gasteiger partial charge in [0.25, 0.3) is 0 Å². The maximum Gasteiger partial charge on any atom is 0.0900 e. The highest BCUT2D eigenvalue weighted by Crippen LogP contribution is 2.33. The number of hydrogen-bond acceptors (Lipinski definition) is 3. The predicted molar refractivity (Wildman–Crippen MR) is 102 cm³/mol. The van der Waals surface area contributed by atoms with E-state index in [9.17, 15) is 5.11 Å². The number of hydrogen-bond donors (Lipinski definition) is 1. The number of benzene rings is 2. The molecule has 3 rings (SSSR count). The molecular weight excluding hydrogens is 334 g/mol. The van der Waals surface area contributed by atoms with Crippen molar-refractivity contribution in [3.8, 4) is 0 Å². The molecule has 0 unspecified atom stereocenters. The molecule has 0 amide bonds. The molecule has 0 heterocycles. The van der Waals surface area contributed by atoms with E-state index in [0.29, 0.717) is 25.8 Å². The Morgan fingerprint density at radius 3 is 2.76 bits per heavy atom. The van der Waals surface area contributed by atoms with Crippen LogP contribution in [0.2, 0.25) is 5.02 Å². The minimum Gasteiger partial charge on any atom is -0.389 e. The zero-order valence-electron chi connectivity index (χ0n) is 14.7. The molecule has 4 heteroatoms. The van der Waals surface area contributed by atoms with Gasteiger partial charge in [0.05, 0.1) is 19.3 Å². The lowest BCUT2D eigenvalue weighted by molar-refractivity contribution is 0.00617. The molecule has 1 aliphatic rings. The first-order chi connectivity index (χ1) is 12.1. The van der Waals surface area contributed by atoms with Crippen LogP contribution in [0.4, 0.5) is 0 Å². The van der Waals surface area contributed by atoms with Crippen molar-refractivity contribution in [3.05, 3.63) is 70.2 Å². The maximum atomic E-state index is 10.3. The summed E-state index contributed by atoms with van der Waals surface area (Å²) in [5, 5.41) is 11.1. The number of aliphatic hydroxyl groups is 1. The number of halogens is 1. The summed E-state index contributed by atoms with van der Waals surface area (Å²) in [6.45, 7) is 1.44. The van der Waals surface area contributed by atoms with E-state index in [-0.39, 0.29) is 0 Å². The Morgan fingerprint density at radius 2 is 1.96 bits per heavy atom. The lowest BCUT2D eigenvalue weighted by Gasteiger charge is -2.34. The van der Waals surface area contributed by atoms with Gasteiger partial charge in [-0.1, -0.05) is 48.0 Å². The van der Waals surface area contributed by atoms with E-state index in [1.54, 1.807) is 0 Å². The highest BCUT2D eigenvalue weighted by Gasteiger charge is 2.24. The first-order valence-corrected chi connectivity index (χ1v) is 9.29. The standard InChI is InChI=1S/C21H26ClNO2/c1-23(21-8-4-6-17-5-2-3-7-20(17)21)13-19(24)15-25-14-16-9-11-18(22)12-10-16/h2-3,5,7,9-12,19,21,24H,4,6,8,13-15H2,1H3/t19-,21-/m1/s1. The van der Waals surface area contributed by atoms with E-state index in [4.69, 9.17) is 16.3 Å². The lowest BCUT2D eigenvalue weighted by atomic mass is 9.87. The number of nitrogens with zero attached hydrogens (tertiary/aromatic N) is 1. The van der Waals surface area contributed by atoms with Crippen molar-refractivity contribution in [2.45, 2.75) is 38.0 Å². The number of aryl methyl sites for hydroxylation is 1. The van der Waals surface area contributed by atoms with Crippen molar-refractivity contribution in [2.24, 2.45) is 0 Å². The summed E-state index contributed by atoms with van der Waals surface area (Å²) in [6.07, 6.45) is 3.01. The van der Waals surface area contributed by atoms with Crippen LogP contribution in [0.3, 0.4) is 0 Å². The van der Waals surface area contributed by atoms with Crippen molar-refractivity contribution in [1.82, 2.24) is 4.90 Å². The second-order valence-electron chi connectivity index (χ2n) is 6.84. The monoisotopic (exact) mass is 359 g/mol.